The van der Waals surface area contributed by atoms with Crippen LogP contribution in [0.4, 0.5) is 0 Å². The van der Waals surface area contributed by atoms with Crippen LogP contribution in [0.25, 0.3) is 32.3 Å². The van der Waals surface area contributed by atoms with Crippen molar-refractivity contribution in [2.75, 3.05) is 13.2 Å². The lowest BCUT2D eigenvalue weighted by molar-refractivity contribution is 0.304. The molecule has 4 aromatic carbocycles. The zero-order chi connectivity index (χ0) is 17.9. The number of rotatable bonds is 2. The number of aliphatic hydroxyl groups is 2. The SMILES string of the molecule is OCCC#Cc1ccc2ccc3ccc(C#CCCO)c4ccc1c2c34. The normalized spacial score (nSPS) is 10.7. The zero-order valence-electron chi connectivity index (χ0n) is 14.3. The van der Waals surface area contributed by atoms with Gasteiger partial charge in [0, 0.05) is 24.0 Å². The van der Waals surface area contributed by atoms with E-state index in [0.29, 0.717) is 12.8 Å². The fourth-order valence-electron chi connectivity index (χ4n) is 3.45. The predicted molar refractivity (Wildman–Crippen MR) is 107 cm³/mol. The Hall–Kier alpha value is -3.04. The fourth-order valence-corrected chi connectivity index (χ4v) is 3.45. The van der Waals surface area contributed by atoms with Gasteiger partial charge in [0.15, 0.2) is 0 Å². The highest BCUT2D eigenvalue weighted by Crippen LogP contribution is 2.37. The minimum atomic E-state index is 0.0781. The van der Waals surface area contributed by atoms with Crippen molar-refractivity contribution in [2.45, 2.75) is 12.8 Å². The first-order valence-electron chi connectivity index (χ1n) is 8.73. The minimum Gasteiger partial charge on any atom is -0.395 e. The predicted octanol–water partition coefficient (Wildman–Crippen LogP) is 4.05. The second-order valence-electron chi connectivity index (χ2n) is 6.20. The van der Waals surface area contributed by atoms with Crippen molar-refractivity contribution in [2.24, 2.45) is 0 Å². The van der Waals surface area contributed by atoms with Crippen LogP contribution in [0, 0.1) is 23.7 Å². The molecule has 0 saturated heterocycles. The summed E-state index contributed by atoms with van der Waals surface area (Å²) in [7, 11) is 0. The highest BCUT2D eigenvalue weighted by atomic mass is 16.3. The van der Waals surface area contributed by atoms with Crippen molar-refractivity contribution in [1.29, 1.82) is 0 Å². The number of aliphatic hydroxyl groups excluding tert-OH is 2. The third-order valence-electron chi connectivity index (χ3n) is 4.58. The highest BCUT2D eigenvalue weighted by molar-refractivity contribution is 6.24. The van der Waals surface area contributed by atoms with Gasteiger partial charge in [0.1, 0.15) is 0 Å². The Morgan fingerprint density at radius 2 is 1.00 bits per heavy atom. The van der Waals surface area contributed by atoms with Crippen LogP contribution in [-0.4, -0.2) is 23.4 Å². The molecule has 0 heterocycles. The zero-order valence-corrected chi connectivity index (χ0v) is 14.3. The maximum Gasteiger partial charge on any atom is 0.0540 e. The van der Waals surface area contributed by atoms with Crippen LogP contribution >= 0.6 is 0 Å². The van der Waals surface area contributed by atoms with Gasteiger partial charge in [-0.05, 0) is 44.5 Å². The topological polar surface area (TPSA) is 40.5 Å². The molecule has 0 amide bonds. The van der Waals surface area contributed by atoms with Gasteiger partial charge in [-0.15, -0.1) is 0 Å². The third-order valence-corrected chi connectivity index (χ3v) is 4.58. The molecule has 2 N–H and O–H groups in total. The monoisotopic (exact) mass is 338 g/mol. The Labute approximate surface area is 152 Å². The molecule has 0 saturated carbocycles. The lowest BCUT2D eigenvalue weighted by atomic mass is 9.90. The first-order chi connectivity index (χ1) is 12.8. The summed E-state index contributed by atoms with van der Waals surface area (Å²) in [6.45, 7) is 0.156. The molecular weight excluding hydrogens is 320 g/mol. The molecule has 0 aliphatic rings. The van der Waals surface area contributed by atoms with Crippen LogP contribution in [0.2, 0.25) is 0 Å². The molecule has 0 fully saturated rings. The van der Waals surface area contributed by atoms with E-state index in [1.807, 2.05) is 12.1 Å². The van der Waals surface area contributed by atoms with Crippen LogP contribution in [0.15, 0.2) is 48.5 Å². The summed E-state index contributed by atoms with van der Waals surface area (Å²) >= 11 is 0. The molecule has 126 valence electrons. The van der Waals surface area contributed by atoms with Crippen molar-refractivity contribution in [3.63, 3.8) is 0 Å². The van der Waals surface area contributed by atoms with Crippen LogP contribution in [0.5, 0.6) is 0 Å². The average Bonchev–Trinajstić information content (AvgIpc) is 2.68. The van der Waals surface area contributed by atoms with Gasteiger partial charge in [-0.25, -0.2) is 0 Å². The van der Waals surface area contributed by atoms with Crippen LogP contribution < -0.4 is 0 Å². The lowest BCUT2D eigenvalue weighted by Gasteiger charge is -2.13. The van der Waals surface area contributed by atoms with Gasteiger partial charge in [0.25, 0.3) is 0 Å². The van der Waals surface area contributed by atoms with Gasteiger partial charge < -0.3 is 10.2 Å². The Morgan fingerprint density at radius 1 is 0.577 bits per heavy atom. The number of benzene rings is 4. The van der Waals surface area contributed by atoms with Crippen LogP contribution in [0.1, 0.15) is 24.0 Å². The van der Waals surface area contributed by atoms with E-state index < -0.39 is 0 Å². The molecule has 0 radical (unpaired) electrons. The summed E-state index contributed by atoms with van der Waals surface area (Å²) in [5.74, 6) is 12.4. The Morgan fingerprint density at radius 3 is 1.42 bits per heavy atom. The summed E-state index contributed by atoms with van der Waals surface area (Å²) in [6.07, 6.45) is 0.957. The first-order valence-corrected chi connectivity index (χ1v) is 8.73. The summed E-state index contributed by atoms with van der Waals surface area (Å²) < 4.78 is 0. The molecule has 2 heteroatoms. The second kappa shape index (κ2) is 7.06. The summed E-state index contributed by atoms with van der Waals surface area (Å²) in [5, 5.41) is 25.0. The van der Waals surface area contributed by atoms with E-state index >= 15 is 0 Å². The van der Waals surface area contributed by atoms with E-state index in [1.165, 1.54) is 21.5 Å². The fraction of sp³-hybridized carbons (Fsp3) is 0.167. The molecule has 4 aromatic rings. The molecular formula is C24H18O2. The van der Waals surface area contributed by atoms with Gasteiger partial charge in [-0.3, -0.25) is 0 Å². The smallest absolute Gasteiger partial charge is 0.0540 e. The molecule has 2 nitrogen and oxygen atoms in total. The summed E-state index contributed by atoms with van der Waals surface area (Å²) in [5.41, 5.74) is 1.97. The van der Waals surface area contributed by atoms with Crippen LogP contribution in [0.3, 0.4) is 0 Å². The molecule has 26 heavy (non-hydrogen) atoms. The average molecular weight is 338 g/mol. The molecule has 0 bridgehead atoms. The number of hydrogen-bond acceptors (Lipinski definition) is 2. The molecule has 0 aliphatic heterocycles. The highest BCUT2D eigenvalue weighted by Gasteiger charge is 2.11. The Balaban J connectivity index is 2.03. The summed E-state index contributed by atoms with van der Waals surface area (Å²) in [4.78, 5) is 0. The standard InChI is InChI=1S/C24H18O2/c25-15-3-1-5-17-7-9-19-11-12-20-10-8-18(6-2-4-16-26)22-14-13-21(17)23(19)24(20)22/h7-14,25-26H,3-4,15-16H2. The molecule has 4 rings (SSSR count). The van der Waals surface area contributed by atoms with Crippen molar-refractivity contribution in [3.05, 3.63) is 59.7 Å². The van der Waals surface area contributed by atoms with Gasteiger partial charge in [0.05, 0.1) is 13.2 Å². The van der Waals surface area contributed by atoms with Crippen molar-refractivity contribution < 1.29 is 10.2 Å². The summed E-state index contributed by atoms with van der Waals surface area (Å²) in [6, 6.07) is 16.8. The van der Waals surface area contributed by atoms with Crippen molar-refractivity contribution >= 4 is 32.3 Å². The van der Waals surface area contributed by atoms with E-state index in [9.17, 15) is 0 Å². The van der Waals surface area contributed by atoms with E-state index in [4.69, 9.17) is 10.2 Å². The quantitative estimate of drug-likeness (QED) is 0.428. The maximum absolute atomic E-state index is 8.97. The van der Waals surface area contributed by atoms with Gasteiger partial charge in [0.2, 0.25) is 0 Å². The molecule has 0 unspecified atom stereocenters. The van der Waals surface area contributed by atoms with E-state index in [1.54, 1.807) is 0 Å². The van der Waals surface area contributed by atoms with Crippen molar-refractivity contribution in [1.82, 2.24) is 0 Å². The Bertz CT molecular complexity index is 1120. The molecule has 0 aliphatic carbocycles. The lowest BCUT2D eigenvalue weighted by Crippen LogP contribution is -1.89. The van der Waals surface area contributed by atoms with Gasteiger partial charge in [-0.1, -0.05) is 60.1 Å². The van der Waals surface area contributed by atoms with E-state index in [2.05, 4.69) is 60.1 Å². The molecule has 0 spiro atoms. The van der Waals surface area contributed by atoms with Crippen LogP contribution in [-0.2, 0) is 0 Å². The van der Waals surface area contributed by atoms with Gasteiger partial charge >= 0.3 is 0 Å². The largest absolute Gasteiger partial charge is 0.395 e. The minimum absolute atomic E-state index is 0.0781. The first kappa shape index (κ1) is 16.4. The van der Waals surface area contributed by atoms with E-state index in [0.717, 1.165) is 21.9 Å². The third kappa shape index (κ3) is 2.76. The molecule has 0 aromatic heterocycles. The molecule has 0 atom stereocenters. The number of hydrogen-bond donors (Lipinski definition) is 2. The Kier molecular flexibility index (Phi) is 4.46. The second-order valence-corrected chi connectivity index (χ2v) is 6.20. The van der Waals surface area contributed by atoms with Crippen molar-refractivity contribution in [3.8, 4) is 23.7 Å². The maximum atomic E-state index is 8.97. The van der Waals surface area contributed by atoms with E-state index in [-0.39, 0.29) is 13.2 Å². The van der Waals surface area contributed by atoms with Gasteiger partial charge in [-0.2, -0.15) is 0 Å².